The van der Waals surface area contributed by atoms with E-state index >= 15 is 0 Å². The highest BCUT2D eigenvalue weighted by atomic mass is 32.1. The Morgan fingerprint density at radius 2 is 1.93 bits per heavy atom. The number of carbonyl (C=O) groups excluding carboxylic acids is 1. The molecule has 4 rings (SSSR count). The van der Waals surface area contributed by atoms with Gasteiger partial charge in [0.05, 0.1) is 25.2 Å². The van der Waals surface area contributed by atoms with Crippen molar-refractivity contribution in [1.82, 2.24) is 34.6 Å². The largest absolute Gasteiger partial charge is 0.490 e. The summed E-state index contributed by atoms with van der Waals surface area (Å²) in [7, 11) is -15.3. The number of phosphoric acid groups is 3. The first-order valence-electron chi connectivity index (χ1n) is 12.1. The number of aromatic nitrogens is 6. The molecule has 4 heterocycles. The molecule has 1 saturated heterocycles. The number of carbonyl (C=O) groups is 1. The minimum absolute atomic E-state index is 0.0558. The van der Waals surface area contributed by atoms with Crippen molar-refractivity contribution >= 4 is 58.7 Å². The fourth-order valence-electron chi connectivity index (χ4n) is 4.02. The molecular weight excluding hydrogens is 677 g/mol. The number of nitrogen functional groups attached to an aromatic ring is 1. The zero-order valence-corrected chi connectivity index (χ0v) is 26.1. The number of rotatable bonds is 13. The molecule has 1 fully saturated rings. The lowest BCUT2D eigenvalue weighted by Crippen LogP contribution is -2.39. The van der Waals surface area contributed by atoms with Crippen molar-refractivity contribution in [2.75, 3.05) is 18.9 Å². The van der Waals surface area contributed by atoms with Crippen LogP contribution in [0.2, 0.25) is 0 Å². The Morgan fingerprint density at radius 3 is 2.57 bits per heavy atom. The van der Waals surface area contributed by atoms with E-state index in [1.165, 1.54) is 10.9 Å². The van der Waals surface area contributed by atoms with Gasteiger partial charge in [-0.05, 0) is 13.0 Å². The zero-order valence-electron chi connectivity index (χ0n) is 22.6. The number of aromatic amines is 1. The second kappa shape index (κ2) is 13.1. The molecule has 3 aromatic heterocycles. The second-order valence-corrected chi connectivity index (χ2v) is 14.0. The highest BCUT2D eigenvalue weighted by Gasteiger charge is 2.48. The van der Waals surface area contributed by atoms with Crippen LogP contribution < -0.4 is 11.1 Å². The lowest BCUT2D eigenvalue weighted by molar-refractivity contribution is -0.131. The van der Waals surface area contributed by atoms with Gasteiger partial charge in [-0.2, -0.15) is 18.7 Å². The van der Waals surface area contributed by atoms with Gasteiger partial charge in [-0.1, -0.05) is 12.2 Å². The van der Waals surface area contributed by atoms with Crippen molar-refractivity contribution in [2.24, 2.45) is 7.05 Å². The summed E-state index contributed by atoms with van der Waals surface area (Å²) in [4.78, 5) is 60.0. The summed E-state index contributed by atoms with van der Waals surface area (Å²) < 4.78 is 61.2. The molecule has 244 valence electrons. The third-order valence-electron chi connectivity index (χ3n) is 5.89. The molecule has 44 heavy (non-hydrogen) atoms. The van der Waals surface area contributed by atoms with Gasteiger partial charge in [0.1, 0.15) is 35.1 Å². The number of phosphoric ester groups is 1. The molecule has 0 aromatic carbocycles. The minimum Gasteiger partial charge on any atom is -0.386 e. The van der Waals surface area contributed by atoms with Crippen LogP contribution in [0.15, 0.2) is 12.4 Å². The number of hydrogen-bond donors (Lipinski definition) is 8. The summed E-state index contributed by atoms with van der Waals surface area (Å²) >= 11 is 5.18. The third-order valence-corrected chi connectivity index (χ3v) is 9.99. The number of ether oxygens (including phenoxy) is 2. The molecule has 6 atom stereocenters. The van der Waals surface area contributed by atoms with Crippen molar-refractivity contribution < 1.29 is 65.8 Å². The molecule has 26 heteroatoms. The Bertz CT molecular complexity index is 1720. The molecule has 0 bridgehead atoms. The number of imidazole rings is 1. The quantitative estimate of drug-likeness (QED) is 0.0814. The van der Waals surface area contributed by atoms with Crippen LogP contribution in [-0.4, -0.2) is 91.4 Å². The topological polar surface area (TPSA) is 318 Å². The molecule has 0 spiro atoms. The normalized spacial score (nSPS) is 23.4. The molecule has 1 amide bonds. The monoisotopic (exact) mass is 704 g/mol. The van der Waals surface area contributed by atoms with E-state index < -0.39 is 67.1 Å². The maximum absolute atomic E-state index is 12.5. The van der Waals surface area contributed by atoms with E-state index in [0.29, 0.717) is 5.69 Å². The molecule has 1 aliphatic rings. The number of fused-ring (bicyclic) bond motifs is 1. The minimum atomic E-state index is -5.80. The van der Waals surface area contributed by atoms with Crippen molar-refractivity contribution in [3.8, 4) is 0 Å². The second-order valence-electron chi connectivity index (χ2n) is 9.17. The smallest absolute Gasteiger partial charge is 0.386 e. The van der Waals surface area contributed by atoms with Crippen LogP contribution in [0.4, 0.5) is 5.95 Å². The summed E-state index contributed by atoms with van der Waals surface area (Å²) in [6.45, 7) is 0.249. The maximum Gasteiger partial charge on any atom is 0.490 e. The number of H-pyrrole nitrogens is 1. The average molecular weight is 704 g/mol. The highest BCUT2D eigenvalue weighted by molar-refractivity contribution is 7.71. The molecule has 3 aromatic rings. The Morgan fingerprint density at radius 1 is 1.23 bits per heavy atom. The first-order chi connectivity index (χ1) is 20.3. The van der Waals surface area contributed by atoms with Crippen LogP contribution in [0.25, 0.3) is 11.2 Å². The first-order valence-corrected chi connectivity index (χ1v) is 17.0. The van der Waals surface area contributed by atoms with Gasteiger partial charge in [0.25, 0.3) is 0 Å². The van der Waals surface area contributed by atoms with Gasteiger partial charge in [-0.15, -0.1) is 0 Å². The van der Waals surface area contributed by atoms with Crippen LogP contribution in [0.5, 0.6) is 0 Å². The van der Waals surface area contributed by atoms with Gasteiger partial charge in [0.2, 0.25) is 11.9 Å². The highest BCUT2D eigenvalue weighted by Crippen LogP contribution is 2.66. The molecule has 1 aliphatic heterocycles. The van der Waals surface area contributed by atoms with E-state index in [1.807, 2.05) is 6.92 Å². The van der Waals surface area contributed by atoms with Crippen molar-refractivity contribution in [3.05, 3.63) is 28.4 Å². The number of anilines is 1. The van der Waals surface area contributed by atoms with E-state index in [2.05, 4.69) is 38.5 Å². The van der Waals surface area contributed by atoms with E-state index in [4.69, 9.17) is 37.2 Å². The van der Waals surface area contributed by atoms with E-state index in [0.717, 1.165) is 5.69 Å². The SMILES string of the molecule is Cc1cc(CNC(=O)COC2C(COP(=O)(O)OP(=O)(O)OP(=O)(O)O)OC(n3cnc4c(=S)[nH]c(N)nc43)C2O)nn1C. The Labute approximate surface area is 251 Å². The van der Waals surface area contributed by atoms with Crippen LogP contribution >= 0.6 is 35.7 Å². The van der Waals surface area contributed by atoms with Gasteiger partial charge in [0.15, 0.2) is 11.9 Å². The van der Waals surface area contributed by atoms with E-state index in [9.17, 15) is 33.4 Å². The molecule has 0 aliphatic carbocycles. The first kappa shape index (κ1) is 34.4. The average Bonchev–Trinajstić information content (AvgIpc) is 3.52. The number of aliphatic hydroxyl groups is 1. The van der Waals surface area contributed by atoms with Crippen LogP contribution in [0.1, 0.15) is 17.6 Å². The van der Waals surface area contributed by atoms with Gasteiger partial charge in [0, 0.05) is 12.7 Å². The number of aryl methyl sites for hydroxylation is 2. The Kier molecular flexibility index (Phi) is 10.3. The summed E-state index contributed by atoms with van der Waals surface area (Å²) in [5, 5.41) is 17.9. The van der Waals surface area contributed by atoms with E-state index in [1.54, 1.807) is 17.8 Å². The predicted molar refractivity (Wildman–Crippen MR) is 146 cm³/mol. The molecular formula is C18H27N8O14P3S. The lowest BCUT2D eigenvalue weighted by atomic mass is 10.1. The molecule has 0 saturated carbocycles. The molecule has 0 radical (unpaired) electrons. The fourth-order valence-corrected chi connectivity index (χ4v) is 7.30. The van der Waals surface area contributed by atoms with Crippen molar-refractivity contribution in [1.29, 1.82) is 0 Å². The van der Waals surface area contributed by atoms with Crippen molar-refractivity contribution in [3.63, 3.8) is 0 Å². The zero-order chi connectivity index (χ0) is 32.6. The number of aliphatic hydroxyl groups excluding tert-OH is 1. The number of nitrogens with one attached hydrogen (secondary N) is 2. The van der Waals surface area contributed by atoms with Crippen LogP contribution in [0.3, 0.4) is 0 Å². The Hall–Kier alpha value is -2.46. The van der Waals surface area contributed by atoms with Crippen molar-refractivity contribution in [2.45, 2.75) is 38.0 Å². The van der Waals surface area contributed by atoms with Gasteiger partial charge in [-0.3, -0.25) is 18.6 Å². The number of hydrogen-bond acceptors (Lipinski definition) is 15. The summed E-state index contributed by atoms with van der Waals surface area (Å²) in [6, 6.07) is 1.75. The lowest BCUT2D eigenvalue weighted by Gasteiger charge is -2.22. The molecule has 22 nitrogen and oxygen atoms in total. The van der Waals surface area contributed by atoms with Gasteiger partial charge < -0.3 is 50.2 Å². The number of amides is 1. The predicted octanol–water partition coefficient (Wildman–Crippen LogP) is -0.584. The standard InChI is InChI=1S/C18H27N8O14P3S/c1-8-3-9(24-25(8)2)4-20-11(27)6-36-14-10(5-37-42(32,33)40-43(34,35)39-41(29,30)31)38-17(13(14)28)26-7-21-12-15(26)22-18(19)23-16(12)44/h3,7,10,13-14,17,28H,4-6H2,1-2H3,(H,20,27)(H,32,33)(H,34,35)(H2,29,30,31)(H3,19,22,23,44). The van der Waals surface area contributed by atoms with Gasteiger partial charge >= 0.3 is 23.5 Å². The van der Waals surface area contributed by atoms with E-state index in [-0.39, 0.29) is 28.3 Å². The Balaban J connectivity index is 1.51. The summed E-state index contributed by atoms with van der Waals surface area (Å²) in [6.07, 6.45) is -4.71. The number of nitrogens with zero attached hydrogens (tertiary/aromatic N) is 5. The molecule has 9 N–H and O–H groups in total. The third kappa shape index (κ3) is 8.62. The number of nitrogens with two attached hydrogens (primary N) is 1. The van der Waals surface area contributed by atoms with Crippen LogP contribution in [-0.2, 0) is 54.7 Å². The van der Waals surface area contributed by atoms with Gasteiger partial charge in [-0.25, -0.2) is 18.7 Å². The fraction of sp³-hybridized carbons (Fsp3) is 0.500. The summed E-state index contributed by atoms with van der Waals surface area (Å²) in [5.74, 6) is -0.724. The molecule has 6 unspecified atom stereocenters. The van der Waals surface area contributed by atoms with Crippen LogP contribution in [0, 0.1) is 11.6 Å². The summed E-state index contributed by atoms with van der Waals surface area (Å²) in [5.41, 5.74) is 7.41. The maximum atomic E-state index is 12.5.